The summed E-state index contributed by atoms with van der Waals surface area (Å²) in [6.45, 7) is 7.13. The first-order chi connectivity index (χ1) is 11.4. The lowest BCUT2D eigenvalue weighted by atomic mass is 9.90. The van der Waals surface area contributed by atoms with Gasteiger partial charge in [-0.2, -0.15) is 0 Å². The third kappa shape index (κ3) is 3.79. The van der Waals surface area contributed by atoms with Crippen LogP contribution in [0.1, 0.15) is 50.8 Å². The molecule has 1 saturated heterocycles. The Morgan fingerprint density at radius 2 is 2.04 bits per heavy atom. The van der Waals surface area contributed by atoms with Crippen molar-refractivity contribution in [3.63, 3.8) is 0 Å². The summed E-state index contributed by atoms with van der Waals surface area (Å²) in [5.74, 6) is 2.25. The minimum Gasteiger partial charge on any atom is -0.481 e. The maximum absolute atomic E-state index is 12.2. The Kier molecular flexibility index (Phi) is 4.95. The molecular weight excluding hydrogens is 324 g/mol. The van der Waals surface area contributed by atoms with Crippen LogP contribution in [0.4, 0.5) is 4.79 Å². The number of aryl methyl sites for hydroxylation is 1. The number of rotatable bonds is 2. The third-order valence-corrected chi connectivity index (χ3v) is 5.50. The molecule has 0 unspecified atom stereocenters. The van der Waals surface area contributed by atoms with Crippen LogP contribution in [0.5, 0.6) is 5.88 Å². The predicted molar refractivity (Wildman–Crippen MR) is 95.0 cm³/mol. The molecule has 0 saturated carbocycles. The van der Waals surface area contributed by atoms with E-state index in [0.29, 0.717) is 19.0 Å². The zero-order valence-corrected chi connectivity index (χ0v) is 15.7. The number of hydrogen-bond donors (Lipinski definition) is 0. The highest BCUT2D eigenvalue weighted by Gasteiger charge is 2.30. The van der Waals surface area contributed by atoms with E-state index in [1.807, 2.05) is 37.4 Å². The predicted octanol–water partition coefficient (Wildman–Crippen LogP) is 3.85. The van der Waals surface area contributed by atoms with E-state index in [4.69, 9.17) is 14.5 Å². The number of likely N-dealkylation sites (tertiary alicyclic amines) is 1. The van der Waals surface area contributed by atoms with Crippen molar-refractivity contribution in [3.8, 4) is 5.88 Å². The number of piperidine rings is 1. The molecule has 0 N–H and O–H groups in total. The summed E-state index contributed by atoms with van der Waals surface area (Å²) < 4.78 is 11.0. The van der Waals surface area contributed by atoms with E-state index in [9.17, 15) is 4.79 Å². The van der Waals surface area contributed by atoms with Crippen LogP contribution in [0.3, 0.4) is 0 Å². The molecule has 1 aromatic rings. The zero-order chi connectivity index (χ0) is 17.3. The number of pyridine rings is 1. The fourth-order valence-corrected chi connectivity index (χ4v) is 4.29. The van der Waals surface area contributed by atoms with Crippen LogP contribution in [0, 0.1) is 0 Å². The molecule has 6 heteroatoms. The second-order valence-electron chi connectivity index (χ2n) is 7.37. The molecular formula is C18H26N2O3S. The van der Waals surface area contributed by atoms with Crippen LogP contribution in [0.15, 0.2) is 11.0 Å². The third-order valence-electron chi connectivity index (χ3n) is 4.43. The van der Waals surface area contributed by atoms with Gasteiger partial charge >= 0.3 is 6.09 Å². The fraction of sp³-hybridized carbons (Fsp3) is 0.667. The molecule has 24 heavy (non-hydrogen) atoms. The van der Waals surface area contributed by atoms with Gasteiger partial charge in [-0.25, -0.2) is 9.78 Å². The van der Waals surface area contributed by atoms with Crippen molar-refractivity contribution in [2.45, 2.75) is 56.4 Å². The van der Waals surface area contributed by atoms with Crippen LogP contribution in [0.25, 0.3) is 0 Å². The smallest absolute Gasteiger partial charge is 0.410 e. The van der Waals surface area contributed by atoms with Crippen molar-refractivity contribution in [2.75, 3.05) is 26.0 Å². The molecule has 0 atom stereocenters. The largest absolute Gasteiger partial charge is 0.481 e. The van der Waals surface area contributed by atoms with Crippen LogP contribution in [0.2, 0.25) is 0 Å². The van der Waals surface area contributed by atoms with Crippen molar-refractivity contribution in [1.29, 1.82) is 0 Å². The highest BCUT2D eigenvalue weighted by Crippen LogP contribution is 2.39. The summed E-state index contributed by atoms with van der Waals surface area (Å²) >= 11 is 1.87. The SMILES string of the molecule is COc1nc2c(cc1C1CCN(C(=O)OC(C)(C)C)CC1)SCC2. The highest BCUT2D eigenvalue weighted by molar-refractivity contribution is 7.99. The van der Waals surface area contributed by atoms with Crippen molar-refractivity contribution in [2.24, 2.45) is 0 Å². The van der Waals surface area contributed by atoms with Gasteiger partial charge in [0.05, 0.1) is 12.8 Å². The maximum Gasteiger partial charge on any atom is 0.410 e. The number of fused-ring (bicyclic) bond motifs is 1. The number of hydrogen-bond acceptors (Lipinski definition) is 5. The molecule has 3 rings (SSSR count). The normalized spacial score (nSPS) is 18.4. The summed E-state index contributed by atoms with van der Waals surface area (Å²) in [5.41, 5.74) is 1.90. The van der Waals surface area contributed by atoms with Gasteiger partial charge in [-0.3, -0.25) is 0 Å². The van der Waals surface area contributed by atoms with E-state index in [2.05, 4.69) is 6.07 Å². The molecule has 1 fully saturated rings. The standard InChI is InChI=1S/C18H26N2O3S/c1-18(2,3)23-17(21)20-8-5-12(6-9-20)13-11-15-14(7-10-24-15)19-16(13)22-4/h11-12H,5-10H2,1-4H3. The number of ether oxygens (including phenoxy) is 2. The summed E-state index contributed by atoms with van der Waals surface area (Å²) in [6, 6.07) is 2.26. The van der Waals surface area contributed by atoms with Crippen molar-refractivity contribution >= 4 is 17.9 Å². The first-order valence-corrected chi connectivity index (χ1v) is 9.54. The summed E-state index contributed by atoms with van der Waals surface area (Å²) in [6.07, 6.45) is 2.64. The second-order valence-corrected chi connectivity index (χ2v) is 8.51. The fourth-order valence-electron chi connectivity index (χ4n) is 3.25. The van der Waals surface area contributed by atoms with E-state index in [-0.39, 0.29) is 6.09 Å². The maximum atomic E-state index is 12.2. The molecule has 5 nitrogen and oxygen atoms in total. The Morgan fingerprint density at radius 3 is 2.67 bits per heavy atom. The molecule has 0 aliphatic carbocycles. The molecule has 0 radical (unpaired) electrons. The van der Waals surface area contributed by atoms with E-state index >= 15 is 0 Å². The number of methoxy groups -OCH3 is 1. The van der Waals surface area contributed by atoms with E-state index in [1.165, 1.54) is 10.5 Å². The highest BCUT2D eigenvalue weighted by atomic mass is 32.2. The lowest BCUT2D eigenvalue weighted by Crippen LogP contribution is -2.41. The molecule has 0 spiro atoms. The molecule has 1 amide bonds. The quantitative estimate of drug-likeness (QED) is 0.811. The summed E-state index contributed by atoms with van der Waals surface area (Å²) in [4.78, 5) is 20.0. The number of carbonyl (C=O) groups is 1. The number of carbonyl (C=O) groups excluding carboxylic acids is 1. The minimum absolute atomic E-state index is 0.212. The Labute approximate surface area is 148 Å². The van der Waals surface area contributed by atoms with Gasteiger partial charge in [-0.05, 0) is 45.6 Å². The van der Waals surface area contributed by atoms with Gasteiger partial charge in [0.25, 0.3) is 0 Å². The van der Waals surface area contributed by atoms with E-state index in [1.54, 1.807) is 7.11 Å². The Bertz CT molecular complexity index is 619. The number of amides is 1. The van der Waals surface area contributed by atoms with Crippen LogP contribution in [-0.4, -0.2) is 47.5 Å². The number of aromatic nitrogens is 1. The molecule has 0 aromatic carbocycles. The van der Waals surface area contributed by atoms with Crippen LogP contribution >= 0.6 is 11.8 Å². The second kappa shape index (κ2) is 6.82. The van der Waals surface area contributed by atoms with Crippen molar-refractivity contribution < 1.29 is 14.3 Å². The topological polar surface area (TPSA) is 51.7 Å². The first-order valence-electron chi connectivity index (χ1n) is 8.56. The van der Waals surface area contributed by atoms with Crippen molar-refractivity contribution in [1.82, 2.24) is 9.88 Å². The molecule has 3 heterocycles. The van der Waals surface area contributed by atoms with Gasteiger partial charge in [-0.15, -0.1) is 11.8 Å². The summed E-state index contributed by atoms with van der Waals surface area (Å²) in [5, 5.41) is 0. The Balaban J connectivity index is 1.68. The monoisotopic (exact) mass is 350 g/mol. The number of nitrogens with zero attached hydrogens (tertiary/aromatic N) is 2. The van der Waals surface area contributed by atoms with Crippen LogP contribution < -0.4 is 4.74 Å². The van der Waals surface area contributed by atoms with Gasteiger partial charge < -0.3 is 14.4 Å². The van der Waals surface area contributed by atoms with Gasteiger partial charge in [-0.1, -0.05) is 0 Å². The average Bonchev–Trinajstić information content (AvgIpc) is 2.99. The van der Waals surface area contributed by atoms with Gasteiger partial charge in [0, 0.05) is 35.7 Å². The van der Waals surface area contributed by atoms with Crippen molar-refractivity contribution in [3.05, 3.63) is 17.3 Å². The molecule has 2 aliphatic heterocycles. The Hall–Kier alpha value is -1.43. The molecule has 0 bridgehead atoms. The van der Waals surface area contributed by atoms with E-state index in [0.717, 1.165) is 36.6 Å². The van der Waals surface area contributed by atoms with Crippen LogP contribution in [-0.2, 0) is 11.2 Å². The molecule has 1 aromatic heterocycles. The molecule has 132 valence electrons. The first kappa shape index (κ1) is 17.4. The summed E-state index contributed by atoms with van der Waals surface area (Å²) in [7, 11) is 1.69. The number of thioether (sulfide) groups is 1. The minimum atomic E-state index is -0.446. The van der Waals surface area contributed by atoms with Gasteiger partial charge in [0.1, 0.15) is 5.60 Å². The van der Waals surface area contributed by atoms with E-state index < -0.39 is 5.60 Å². The Morgan fingerprint density at radius 1 is 1.33 bits per heavy atom. The lowest BCUT2D eigenvalue weighted by Gasteiger charge is -2.34. The lowest BCUT2D eigenvalue weighted by molar-refractivity contribution is 0.0204. The van der Waals surface area contributed by atoms with Gasteiger partial charge in [0.2, 0.25) is 5.88 Å². The molecule has 2 aliphatic rings. The zero-order valence-electron chi connectivity index (χ0n) is 14.9. The average molecular weight is 350 g/mol. The van der Waals surface area contributed by atoms with Gasteiger partial charge in [0.15, 0.2) is 0 Å².